The van der Waals surface area contributed by atoms with Crippen LogP contribution in [-0.4, -0.2) is 34.0 Å². The highest BCUT2D eigenvalue weighted by Crippen LogP contribution is 2.12. The average molecular weight is 224 g/mol. The lowest BCUT2D eigenvalue weighted by Gasteiger charge is -2.04. The molecule has 0 N–H and O–H groups in total. The van der Waals surface area contributed by atoms with E-state index in [0.717, 1.165) is 25.2 Å². The van der Waals surface area contributed by atoms with E-state index in [4.69, 9.17) is 14.2 Å². The average Bonchev–Trinajstić information content (AvgIpc) is 2.34. The monoisotopic (exact) mass is 224 g/mol. The van der Waals surface area contributed by atoms with Gasteiger partial charge < -0.3 is 14.2 Å². The zero-order chi connectivity index (χ0) is 11.6. The SMILES string of the molecule is COCCOCCCc1ccc(OC)cc1. The number of hydrogen-bond donors (Lipinski definition) is 0. The van der Waals surface area contributed by atoms with Crippen LogP contribution >= 0.6 is 0 Å². The second kappa shape index (κ2) is 8.13. The van der Waals surface area contributed by atoms with Crippen molar-refractivity contribution in [2.24, 2.45) is 0 Å². The quantitative estimate of drug-likeness (QED) is 0.634. The van der Waals surface area contributed by atoms with E-state index in [1.165, 1.54) is 5.56 Å². The molecule has 0 aromatic heterocycles. The van der Waals surface area contributed by atoms with E-state index in [-0.39, 0.29) is 0 Å². The first-order valence-corrected chi connectivity index (χ1v) is 5.56. The van der Waals surface area contributed by atoms with Gasteiger partial charge in [-0.1, -0.05) is 12.1 Å². The number of hydrogen-bond acceptors (Lipinski definition) is 3. The molecule has 0 radical (unpaired) electrons. The van der Waals surface area contributed by atoms with Gasteiger partial charge in [-0.25, -0.2) is 0 Å². The van der Waals surface area contributed by atoms with Gasteiger partial charge in [0.05, 0.1) is 20.3 Å². The fraction of sp³-hybridized carbons (Fsp3) is 0.538. The Morgan fingerprint density at radius 3 is 2.31 bits per heavy atom. The molecule has 0 aliphatic rings. The van der Waals surface area contributed by atoms with Crippen LogP contribution in [0.15, 0.2) is 24.3 Å². The molecule has 0 bridgehead atoms. The highest BCUT2D eigenvalue weighted by Gasteiger charge is 1.95. The molecule has 1 aromatic carbocycles. The van der Waals surface area contributed by atoms with Crippen LogP contribution < -0.4 is 4.74 Å². The summed E-state index contributed by atoms with van der Waals surface area (Å²) in [6.07, 6.45) is 2.08. The lowest BCUT2D eigenvalue weighted by atomic mass is 10.1. The van der Waals surface area contributed by atoms with Crippen molar-refractivity contribution in [2.75, 3.05) is 34.0 Å². The molecular weight excluding hydrogens is 204 g/mol. The van der Waals surface area contributed by atoms with E-state index < -0.39 is 0 Å². The molecule has 3 nitrogen and oxygen atoms in total. The number of ether oxygens (including phenoxy) is 3. The number of rotatable bonds is 8. The Morgan fingerprint density at radius 2 is 1.69 bits per heavy atom. The summed E-state index contributed by atoms with van der Waals surface area (Å²) in [6.45, 7) is 2.14. The van der Waals surface area contributed by atoms with E-state index in [9.17, 15) is 0 Å². The Labute approximate surface area is 97.3 Å². The standard InChI is InChI=1S/C13H20O3/c1-14-10-11-16-9-3-4-12-5-7-13(15-2)8-6-12/h5-8H,3-4,9-11H2,1-2H3. The maximum atomic E-state index is 5.39. The van der Waals surface area contributed by atoms with Gasteiger partial charge in [0.25, 0.3) is 0 Å². The van der Waals surface area contributed by atoms with Crippen LogP contribution in [-0.2, 0) is 15.9 Å². The minimum atomic E-state index is 0.669. The molecule has 0 amide bonds. The van der Waals surface area contributed by atoms with Gasteiger partial charge >= 0.3 is 0 Å². The van der Waals surface area contributed by atoms with E-state index in [1.807, 2.05) is 12.1 Å². The Morgan fingerprint density at radius 1 is 0.938 bits per heavy atom. The highest BCUT2D eigenvalue weighted by atomic mass is 16.5. The van der Waals surface area contributed by atoms with Crippen molar-refractivity contribution in [3.63, 3.8) is 0 Å². The summed E-state index contributed by atoms with van der Waals surface area (Å²) in [6, 6.07) is 8.16. The van der Waals surface area contributed by atoms with Gasteiger partial charge in [-0.05, 0) is 30.5 Å². The molecule has 0 fully saturated rings. The lowest BCUT2D eigenvalue weighted by Crippen LogP contribution is -2.03. The van der Waals surface area contributed by atoms with Gasteiger partial charge in [0.15, 0.2) is 0 Å². The van der Waals surface area contributed by atoms with Gasteiger partial charge in [0.2, 0.25) is 0 Å². The van der Waals surface area contributed by atoms with Crippen molar-refractivity contribution >= 4 is 0 Å². The molecule has 16 heavy (non-hydrogen) atoms. The molecule has 0 atom stereocenters. The van der Waals surface area contributed by atoms with Gasteiger partial charge in [-0.3, -0.25) is 0 Å². The van der Waals surface area contributed by atoms with Crippen molar-refractivity contribution in [3.8, 4) is 5.75 Å². The van der Waals surface area contributed by atoms with Crippen molar-refractivity contribution in [1.29, 1.82) is 0 Å². The van der Waals surface area contributed by atoms with Crippen LogP contribution in [0, 0.1) is 0 Å². The summed E-state index contributed by atoms with van der Waals surface area (Å²) in [5, 5.41) is 0. The Balaban J connectivity index is 2.12. The van der Waals surface area contributed by atoms with Gasteiger partial charge in [-0.2, -0.15) is 0 Å². The van der Waals surface area contributed by atoms with Crippen LogP contribution in [0.2, 0.25) is 0 Å². The summed E-state index contributed by atoms with van der Waals surface area (Å²) in [5.74, 6) is 0.903. The third-order valence-electron chi connectivity index (χ3n) is 2.34. The summed E-state index contributed by atoms with van der Waals surface area (Å²) in [5.41, 5.74) is 1.32. The molecule has 0 saturated heterocycles. The summed E-state index contributed by atoms with van der Waals surface area (Å²) in [4.78, 5) is 0. The van der Waals surface area contributed by atoms with Gasteiger partial charge in [-0.15, -0.1) is 0 Å². The molecule has 0 aliphatic carbocycles. The first-order chi connectivity index (χ1) is 7.86. The molecule has 0 unspecified atom stereocenters. The predicted molar refractivity (Wildman–Crippen MR) is 64.0 cm³/mol. The van der Waals surface area contributed by atoms with Crippen LogP contribution in [0.1, 0.15) is 12.0 Å². The fourth-order valence-corrected chi connectivity index (χ4v) is 1.41. The van der Waals surface area contributed by atoms with Crippen molar-refractivity contribution in [1.82, 2.24) is 0 Å². The molecule has 90 valence electrons. The minimum absolute atomic E-state index is 0.669. The molecule has 3 heteroatoms. The second-order valence-corrected chi connectivity index (χ2v) is 3.56. The Bertz CT molecular complexity index is 269. The third kappa shape index (κ3) is 5.14. The van der Waals surface area contributed by atoms with E-state index >= 15 is 0 Å². The lowest BCUT2D eigenvalue weighted by molar-refractivity contribution is 0.0695. The summed E-state index contributed by atoms with van der Waals surface area (Å²) in [7, 11) is 3.36. The molecule has 0 spiro atoms. The predicted octanol–water partition coefficient (Wildman–Crippen LogP) is 2.29. The highest BCUT2D eigenvalue weighted by molar-refractivity contribution is 5.27. The van der Waals surface area contributed by atoms with Crippen LogP contribution in [0.3, 0.4) is 0 Å². The minimum Gasteiger partial charge on any atom is -0.497 e. The van der Waals surface area contributed by atoms with Crippen LogP contribution in [0.5, 0.6) is 5.75 Å². The van der Waals surface area contributed by atoms with E-state index in [2.05, 4.69) is 12.1 Å². The van der Waals surface area contributed by atoms with Gasteiger partial charge in [0.1, 0.15) is 5.75 Å². The fourth-order valence-electron chi connectivity index (χ4n) is 1.41. The summed E-state index contributed by atoms with van der Waals surface area (Å²) >= 11 is 0. The number of aryl methyl sites for hydroxylation is 1. The molecule has 0 heterocycles. The Kier molecular flexibility index (Phi) is 6.61. The maximum absolute atomic E-state index is 5.39. The third-order valence-corrected chi connectivity index (χ3v) is 2.34. The first-order valence-electron chi connectivity index (χ1n) is 5.56. The number of methoxy groups -OCH3 is 2. The smallest absolute Gasteiger partial charge is 0.118 e. The van der Waals surface area contributed by atoms with Gasteiger partial charge in [0, 0.05) is 13.7 Å². The van der Waals surface area contributed by atoms with Crippen LogP contribution in [0.25, 0.3) is 0 Å². The van der Waals surface area contributed by atoms with E-state index in [1.54, 1.807) is 14.2 Å². The molecule has 0 aliphatic heterocycles. The number of benzene rings is 1. The molecular formula is C13H20O3. The maximum Gasteiger partial charge on any atom is 0.118 e. The van der Waals surface area contributed by atoms with Crippen molar-refractivity contribution in [3.05, 3.63) is 29.8 Å². The summed E-state index contributed by atoms with van der Waals surface area (Å²) < 4.78 is 15.4. The molecule has 1 rings (SSSR count). The normalized spacial score (nSPS) is 10.4. The molecule has 0 saturated carbocycles. The second-order valence-electron chi connectivity index (χ2n) is 3.56. The first kappa shape index (κ1) is 13.0. The topological polar surface area (TPSA) is 27.7 Å². The van der Waals surface area contributed by atoms with Crippen molar-refractivity contribution in [2.45, 2.75) is 12.8 Å². The zero-order valence-electron chi connectivity index (χ0n) is 10.1. The van der Waals surface area contributed by atoms with Crippen LogP contribution in [0.4, 0.5) is 0 Å². The zero-order valence-corrected chi connectivity index (χ0v) is 10.1. The van der Waals surface area contributed by atoms with Crippen molar-refractivity contribution < 1.29 is 14.2 Å². The molecule has 1 aromatic rings. The Hall–Kier alpha value is -1.06. The largest absolute Gasteiger partial charge is 0.497 e. The van der Waals surface area contributed by atoms with E-state index in [0.29, 0.717) is 13.2 Å².